The van der Waals surface area contributed by atoms with Crippen molar-refractivity contribution in [2.24, 2.45) is 5.41 Å². The average molecular weight is 399 g/mol. The van der Waals surface area contributed by atoms with Crippen molar-refractivity contribution in [3.8, 4) is 0 Å². The summed E-state index contributed by atoms with van der Waals surface area (Å²) >= 11 is 0. The van der Waals surface area contributed by atoms with Gasteiger partial charge in [-0.25, -0.2) is 14.8 Å². The van der Waals surface area contributed by atoms with Crippen molar-refractivity contribution in [1.82, 2.24) is 10.4 Å². The minimum Gasteiger partial charge on any atom is -0.267 e. The van der Waals surface area contributed by atoms with Crippen LogP contribution in [0, 0.1) is 25.1 Å². The highest BCUT2D eigenvalue weighted by atomic mass is 19.1. The maximum atomic E-state index is 14.3. The molecule has 0 aliphatic carbocycles. The fourth-order valence-electron chi connectivity index (χ4n) is 3.33. The molecule has 4 nitrogen and oxygen atoms in total. The highest BCUT2D eigenvalue weighted by Gasteiger charge is 2.32. The molecule has 0 saturated heterocycles. The third kappa shape index (κ3) is 5.73. The number of imide groups is 1. The summed E-state index contributed by atoms with van der Waals surface area (Å²) in [5.41, 5.74) is 5.03. The van der Waals surface area contributed by atoms with Gasteiger partial charge in [-0.05, 0) is 49.9 Å². The molecule has 1 atom stereocenters. The molecule has 0 saturated carbocycles. The van der Waals surface area contributed by atoms with Crippen LogP contribution in [0.25, 0.3) is 0 Å². The smallest absolute Gasteiger partial charge is 0.267 e. The Bertz CT molecular complexity index is 866. The molecule has 2 rings (SSSR count). The standard InChI is InChI=1S/C24H31FN2O2/c1-7-10-21(24(4,5)6)26-27(23(29)19-11-8-9-12-20(19)25)22(28)18-14-16(2)13-17(3)15-18/h8-9,11-15,21,26H,7,10H2,1-6H3/t21-/m0/s1. The van der Waals surface area contributed by atoms with Gasteiger partial charge in [0.2, 0.25) is 0 Å². The van der Waals surface area contributed by atoms with Crippen molar-refractivity contribution in [2.45, 2.75) is 60.4 Å². The van der Waals surface area contributed by atoms with Crippen molar-refractivity contribution in [3.05, 3.63) is 70.5 Å². The molecule has 2 aromatic carbocycles. The molecule has 0 radical (unpaired) electrons. The first-order valence-corrected chi connectivity index (χ1v) is 10.0. The molecule has 0 aromatic heterocycles. The van der Waals surface area contributed by atoms with E-state index in [1.165, 1.54) is 18.2 Å². The fourth-order valence-corrected chi connectivity index (χ4v) is 3.33. The summed E-state index contributed by atoms with van der Waals surface area (Å²) in [5.74, 6) is -1.84. The first-order valence-electron chi connectivity index (χ1n) is 10.0. The predicted molar refractivity (Wildman–Crippen MR) is 114 cm³/mol. The first-order chi connectivity index (χ1) is 13.5. The monoisotopic (exact) mass is 398 g/mol. The van der Waals surface area contributed by atoms with E-state index >= 15 is 0 Å². The van der Waals surface area contributed by atoms with Gasteiger partial charge in [0.05, 0.1) is 5.56 Å². The van der Waals surface area contributed by atoms with Gasteiger partial charge in [-0.2, -0.15) is 0 Å². The fraction of sp³-hybridized carbons (Fsp3) is 0.417. The van der Waals surface area contributed by atoms with Gasteiger partial charge in [0.25, 0.3) is 11.8 Å². The second kappa shape index (κ2) is 9.31. The van der Waals surface area contributed by atoms with Crippen molar-refractivity contribution in [1.29, 1.82) is 0 Å². The number of carbonyl (C=O) groups excluding carboxylic acids is 2. The Hall–Kier alpha value is -2.53. The van der Waals surface area contributed by atoms with E-state index in [1.54, 1.807) is 18.2 Å². The number of halogens is 1. The van der Waals surface area contributed by atoms with Crippen LogP contribution < -0.4 is 5.43 Å². The van der Waals surface area contributed by atoms with E-state index in [1.807, 2.05) is 40.7 Å². The van der Waals surface area contributed by atoms with E-state index in [4.69, 9.17) is 0 Å². The Morgan fingerprint density at radius 3 is 2.14 bits per heavy atom. The van der Waals surface area contributed by atoms with Crippen LogP contribution in [0.15, 0.2) is 42.5 Å². The van der Waals surface area contributed by atoms with Crippen molar-refractivity contribution >= 4 is 11.8 Å². The molecule has 0 unspecified atom stereocenters. The number of hydrogen-bond acceptors (Lipinski definition) is 3. The lowest BCUT2D eigenvalue weighted by Gasteiger charge is -2.35. The van der Waals surface area contributed by atoms with E-state index in [0.29, 0.717) is 5.56 Å². The number of nitrogens with one attached hydrogen (secondary N) is 1. The normalized spacial score (nSPS) is 12.5. The predicted octanol–water partition coefficient (Wildman–Crippen LogP) is 5.44. The van der Waals surface area contributed by atoms with Crippen molar-refractivity contribution in [2.75, 3.05) is 0 Å². The zero-order valence-corrected chi connectivity index (χ0v) is 18.2. The van der Waals surface area contributed by atoms with Gasteiger partial charge in [0, 0.05) is 11.6 Å². The molecule has 0 bridgehead atoms. The molecule has 1 N–H and O–H groups in total. The Morgan fingerprint density at radius 2 is 1.62 bits per heavy atom. The number of hydrogen-bond donors (Lipinski definition) is 1. The maximum absolute atomic E-state index is 14.3. The van der Waals surface area contributed by atoms with Gasteiger partial charge in [-0.15, -0.1) is 0 Å². The Labute approximate surface area is 173 Å². The minimum atomic E-state index is -0.697. The summed E-state index contributed by atoms with van der Waals surface area (Å²) in [7, 11) is 0. The van der Waals surface area contributed by atoms with Gasteiger partial charge in [-0.3, -0.25) is 9.59 Å². The van der Waals surface area contributed by atoms with Gasteiger partial charge in [0.15, 0.2) is 0 Å². The third-order valence-electron chi connectivity index (χ3n) is 4.89. The molecule has 0 spiro atoms. The molecule has 2 aromatic rings. The van der Waals surface area contributed by atoms with Crippen LogP contribution in [0.1, 0.15) is 72.4 Å². The van der Waals surface area contributed by atoms with Crippen LogP contribution in [-0.2, 0) is 0 Å². The highest BCUT2D eigenvalue weighted by Crippen LogP contribution is 2.24. The molecule has 156 valence electrons. The molecule has 0 aliphatic heterocycles. The van der Waals surface area contributed by atoms with E-state index in [2.05, 4.69) is 12.3 Å². The van der Waals surface area contributed by atoms with E-state index in [9.17, 15) is 14.0 Å². The Kier molecular flexibility index (Phi) is 7.31. The van der Waals surface area contributed by atoms with Crippen LogP contribution in [-0.4, -0.2) is 22.9 Å². The summed E-state index contributed by atoms with van der Waals surface area (Å²) in [5, 5.41) is 0.984. The lowest BCUT2D eigenvalue weighted by atomic mass is 9.84. The summed E-state index contributed by atoms with van der Waals surface area (Å²) in [6.07, 6.45) is 1.65. The number of hydrazine groups is 1. The minimum absolute atomic E-state index is 0.137. The Morgan fingerprint density at radius 1 is 1.03 bits per heavy atom. The van der Waals surface area contributed by atoms with E-state index < -0.39 is 17.6 Å². The zero-order valence-electron chi connectivity index (χ0n) is 18.2. The molecule has 5 heteroatoms. The van der Waals surface area contributed by atoms with Gasteiger partial charge >= 0.3 is 0 Å². The van der Waals surface area contributed by atoms with Crippen LogP contribution in [0.4, 0.5) is 4.39 Å². The first kappa shape index (κ1) is 22.8. The number of benzene rings is 2. The number of aryl methyl sites for hydroxylation is 2. The number of nitrogens with zero attached hydrogens (tertiary/aromatic N) is 1. The van der Waals surface area contributed by atoms with Crippen LogP contribution >= 0.6 is 0 Å². The molecular weight excluding hydrogens is 367 g/mol. The van der Waals surface area contributed by atoms with Crippen LogP contribution in [0.3, 0.4) is 0 Å². The van der Waals surface area contributed by atoms with E-state index in [-0.39, 0.29) is 17.0 Å². The van der Waals surface area contributed by atoms with Gasteiger partial charge < -0.3 is 0 Å². The summed E-state index contributed by atoms with van der Waals surface area (Å²) in [6.45, 7) is 12.0. The zero-order chi connectivity index (χ0) is 21.8. The molecular formula is C24H31FN2O2. The second-order valence-corrected chi connectivity index (χ2v) is 8.64. The molecule has 2 amide bonds. The molecule has 0 heterocycles. The summed E-state index contributed by atoms with van der Waals surface area (Å²) in [4.78, 5) is 26.6. The highest BCUT2D eigenvalue weighted by molar-refractivity contribution is 6.10. The van der Waals surface area contributed by atoms with Gasteiger partial charge in [0.1, 0.15) is 5.82 Å². The number of rotatable bonds is 6. The maximum Gasteiger partial charge on any atom is 0.278 e. The number of amides is 2. The largest absolute Gasteiger partial charge is 0.278 e. The van der Waals surface area contributed by atoms with E-state index in [0.717, 1.165) is 29.0 Å². The summed E-state index contributed by atoms with van der Waals surface area (Å²) < 4.78 is 14.3. The second-order valence-electron chi connectivity index (χ2n) is 8.64. The lowest BCUT2D eigenvalue weighted by molar-refractivity contribution is 0.0422. The molecule has 0 fully saturated rings. The lowest BCUT2D eigenvalue weighted by Crippen LogP contribution is -2.55. The van der Waals surface area contributed by atoms with Crippen molar-refractivity contribution < 1.29 is 14.0 Å². The van der Waals surface area contributed by atoms with Crippen LogP contribution in [0.2, 0.25) is 0 Å². The molecule has 29 heavy (non-hydrogen) atoms. The Balaban J connectivity index is 2.50. The SMILES string of the molecule is CCC[C@H](NN(C(=O)c1cc(C)cc(C)c1)C(=O)c1ccccc1F)C(C)(C)C. The third-order valence-corrected chi connectivity index (χ3v) is 4.89. The summed E-state index contributed by atoms with van der Waals surface area (Å²) in [6, 6.07) is 11.0. The van der Waals surface area contributed by atoms with Crippen LogP contribution in [0.5, 0.6) is 0 Å². The van der Waals surface area contributed by atoms with Crippen molar-refractivity contribution in [3.63, 3.8) is 0 Å². The van der Waals surface area contributed by atoms with Gasteiger partial charge in [-0.1, -0.05) is 63.4 Å². The topological polar surface area (TPSA) is 49.4 Å². The number of carbonyl (C=O) groups is 2. The quantitative estimate of drug-likeness (QED) is 0.520. The average Bonchev–Trinajstić information content (AvgIpc) is 2.62. The molecule has 0 aliphatic rings.